The van der Waals surface area contributed by atoms with Gasteiger partial charge < -0.3 is 9.88 Å². The predicted octanol–water partition coefficient (Wildman–Crippen LogP) is 1.97. The van der Waals surface area contributed by atoms with E-state index in [1.54, 1.807) is 20.8 Å². The van der Waals surface area contributed by atoms with Gasteiger partial charge in [-0.3, -0.25) is 9.59 Å². The van der Waals surface area contributed by atoms with E-state index in [4.69, 9.17) is 0 Å². The first-order chi connectivity index (χ1) is 12.7. The summed E-state index contributed by atoms with van der Waals surface area (Å²) in [6.07, 6.45) is 1.15. The van der Waals surface area contributed by atoms with E-state index in [1.807, 2.05) is 0 Å². The molecule has 0 saturated heterocycles. The number of amides is 1. The molecule has 0 spiro atoms. The summed E-state index contributed by atoms with van der Waals surface area (Å²) in [5.41, 5.74) is 0.439. The van der Waals surface area contributed by atoms with Gasteiger partial charge in [-0.1, -0.05) is 19.9 Å². The minimum absolute atomic E-state index is 0.0689. The van der Waals surface area contributed by atoms with Crippen LogP contribution in [0.2, 0.25) is 0 Å². The zero-order chi connectivity index (χ0) is 20.2. The largest absolute Gasteiger partial charge is 0.324 e. The summed E-state index contributed by atoms with van der Waals surface area (Å²) in [4.78, 5) is 24.2. The number of halogens is 1. The summed E-state index contributed by atoms with van der Waals surface area (Å²) in [6.45, 7) is 5.32. The third-order valence-corrected chi connectivity index (χ3v) is 6.12. The van der Waals surface area contributed by atoms with Crippen LogP contribution in [0, 0.1) is 12.7 Å². The maximum atomic E-state index is 13.3. The number of hydrogen-bond acceptors (Lipinski definition) is 4. The Bertz CT molecular complexity index is 998. The van der Waals surface area contributed by atoms with E-state index < -0.39 is 33.9 Å². The van der Waals surface area contributed by atoms with E-state index in [-0.39, 0.29) is 18.0 Å². The standard InChI is InChI=1S/C18H22FN3O4S/c1-4-22(5-2)27(25,26)15-8-9-18(24)21(11-15)12-17(23)20-16-10-14(19)7-6-13(16)3/h6-11H,4-5,12H2,1-3H3,(H,20,23). The van der Waals surface area contributed by atoms with E-state index in [0.717, 1.165) is 16.8 Å². The lowest BCUT2D eigenvalue weighted by atomic mass is 10.2. The molecule has 0 radical (unpaired) electrons. The van der Waals surface area contributed by atoms with Crippen molar-refractivity contribution >= 4 is 21.6 Å². The van der Waals surface area contributed by atoms with Crippen molar-refractivity contribution in [1.29, 1.82) is 0 Å². The topological polar surface area (TPSA) is 88.5 Å². The molecule has 9 heteroatoms. The van der Waals surface area contributed by atoms with Crippen molar-refractivity contribution in [2.45, 2.75) is 32.2 Å². The van der Waals surface area contributed by atoms with Crippen molar-refractivity contribution in [3.8, 4) is 0 Å². The number of pyridine rings is 1. The highest BCUT2D eigenvalue weighted by molar-refractivity contribution is 7.89. The van der Waals surface area contributed by atoms with Gasteiger partial charge in [0.25, 0.3) is 5.56 Å². The van der Waals surface area contributed by atoms with Crippen LogP contribution in [-0.2, 0) is 21.4 Å². The maximum absolute atomic E-state index is 13.3. The molecular formula is C18H22FN3O4S. The Morgan fingerprint density at radius 2 is 1.85 bits per heavy atom. The second-order valence-corrected chi connectivity index (χ2v) is 7.87. The molecule has 7 nitrogen and oxygen atoms in total. The fraction of sp³-hybridized carbons (Fsp3) is 0.333. The van der Waals surface area contributed by atoms with Crippen LogP contribution in [0.3, 0.4) is 0 Å². The van der Waals surface area contributed by atoms with Crippen molar-refractivity contribution in [3.05, 3.63) is 58.3 Å². The number of carbonyl (C=O) groups excluding carboxylic acids is 1. The smallest absolute Gasteiger partial charge is 0.251 e. The normalized spacial score (nSPS) is 11.6. The zero-order valence-corrected chi connectivity index (χ0v) is 16.2. The number of carbonyl (C=O) groups is 1. The monoisotopic (exact) mass is 395 g/mol. The van der Waals surface area contributed by atoms with Crippen LogP contribution in [0.4, 0.5) is 10.1 Å². The highest BCUT2D eigenvalue weighted by Gasteiger charge is 2.22. The van der Waals surface area contributed by atoms with Crippen molar-refractivity contribution < 1.29 is 17.6 Å². The molecule has 0 unspecified atom stereocenters. The summed E-state index contributed by atoms with van der Waals surface area (Å²) in [6, 6.07) is 6.31. The number of hydrogen-bond donors (Lipinski definition) is 1. The van der Waals surface area contributed by atoms with Gasteiger partial charge in [0.05, 0.1) is 4.90 Å². The van der Waals surface area contributed by atoms with Crippen LogP contribution >= 0.6 is 0 Å². The highest BCUT2D eigenvalue weighted by atomic mass is 32.2. The molecule has 0 saturated carbocycles. The molecule has 0 aliphatic rings. The van der Waals surface area contributed by atoms with Crippen molar-refractivity contribution in [3.63, 3.8) is 0 Å². The average molecular weight is 395 g/mol. The summed E-state index contributed by atoms with van der Waals surface area (Å²) < 4.78 is 40.8. The molecule has 2 aromatic rings. The van der Waals surface area contributed by atoms with Gasteiger partial charge in [0.2, 0.25) is 15.9 Å². The third kappa shape index (κ3) is 4.81. The van der Waals surface area contributed by atoms with Crippen LogP contribution in [0.25, 0.3) is 0 Å². The molecule has 1 amide bonds. The molecule has 1 aromatic heterocycles. The van der Waals surface area contributed by atoms with Gasteiger partial charge in [-0.05, 0) is 30.7 Å². The maximum Gasteiger partial charge on any atom is 0.251 e. The zero-order valence-electron chi connectivity index (χ0n) is 15.4. The second kappa shape index (κ2) is 8.45. The summed E-state index contributed by atoms with van der Waals surface area (Å²) in [5.74, 6) is -1.07. The van der Waals surface area contributed by atoms with Gasteiger partial charge in [0.1, 0.15) is 12.4 Å². The molecule has 0 aliphatic carbocycles. The van der Waals surface area contributed by atoms with E-state index in [9.17, 15) is 22.4 Å². The van der Waals surface area contributed by atoms with Crippen molar-refractivity contribution in [2.75, 3.05) is 18.4 Å². The van der Waals surface area contributed by atoms with E-state index in [2.05, 4.69) is 5.32 Å². The molecule has 1 N–H and O–H groups in total. The molecule has 1 aromatic carbocycles. The molecule has 27 heavy (non-hydrogen) atoms. The lowest BCUT2D eigenvalue weighted by molar-refractivity contribution is -0.116. The van der Waals surface area contributed by atoms with Crippen LogP contribution in [0.15, 0.2) is 46.2 Å². The number of nitrogens with one attached hydrogen (secondary N) is 1. The number of aryl methyl sites for hydroxylation is 1. The van der Waals surface area contributed by atoms with Crippen molar-refractivity contribution in [1.82, 2.24) is 8.87 Å². The van der Waals surface area contributed by atoms with Crippen LogP contribution in [0.1, 0.15) is 19.4 Å². The van der Waals surface area contributed by atoms with Crippen molar-refractivity contribution in [2.24, 2.45) is 0 Å². The lowest BCUT2D eigenvalue weighted by Gasteiger charge is -2.19. The number of benzene rings is 1. The Balaban J connectivity index is 2.27. The quantitative estimate of drug-likeness (QED) is 0.776. The number of anilines is 1. The minimum Gasteiger partial charge on any atom is -0.324 e. The minimum atomic E-state index is -3.76. The molecular weight excluding hydrogens is 373 g/mol. The molecule has 0 bridgehead atoms. The van der Waals surface area contributed by atoms with Gasteiger partial charge >= 0.3 is 0 Å². The lowest BCUT2D eigenvalue weighted by Crippen LogP contribution is -2.33. The summed E-state index contributed by atoms with van der Waals surface area (Å²) in [5, 5.41) is 2.53. The van der Waals surface area contributed by atoms with Gasteiger partial charge in [-0.2, -0.15) is 4.31 Å². The van der Waals surface area contributed by atoms with E-state index in [1.165, 1.54) is 28.6 Å². The Morgan fingerprint density at radius 3 is 2.48 bits per heavy atom. The first-order valence-electron chi connectivity index (χ1n) is 8.45. The number of rotatable bonds is 7. The van der Waals surface area contributed by atoms with Crippen LogP contribution in [-0.4, -0.2) is 36.3 Å². The van der Waals surface area contributed by atoms with Gasteiger partial charge in [0, 0.05) is 31.0 Å². The van der Waals surface area contributed by atoms with E-state index in [0.29, 0.717) is 11.3 Å². The number of nitrogens with zero attached hydrogens (tertiary/aromatic N) is 2. The van der Waals surface area contributed by atoms with E-state index >= 15 is 0 Å². The Kier molecular flexibility index (Phi) is 6.50. The number of aromatic nitrogens is 1. The summed E-state index contributed by atoms with van der Waals surface area (Å²) >= 11 is 0. The van der Waals surface area contributed by atoms with Gasteiger partial charge in [0.15, 0.2) is 0 Å². The first-order valence-corrected chi connectivity index (χ1v) is 9.89. The average Bonchev–Trinajstić information content (AvgIpc) is 2.60. The molecule has 2 rings (SSSR count). The fourth-order valence-electron chi connectivity index (χ4n) is 2.57. The predicted molar refractivity (Wildman–Crippen MR) is 101 cm³/mol. The van der Waals surface area contributed by atoms with Crippen LogP contribution < -0.4 is 10.9 Å². The Hall–Kier alpha value is -2.52. The second-order valence-electron chi connectivity index (χ2n) is 5.93. The number of sulfonamides is 1. The SMILES string of the molecule is CCN(CC)S(=O)(=O)c1ccc(=O)n(CC(=O)Nc2cc(F)ccc2C)c1. The molecule has 0 aliphatic heterocycles. The molecule has 0 fully saturated rings. The molecule has 1 heterocycles. The Labute approximate surface area is 157 Å². The Morgan fingerprint density at radius 1 is 1.19 bits per heavy atom. The summed E-state index contributed by atoms with van der Waals surface area (Å²) in [7, 11) is -3.76. The highest BCUT2D eigenvalue weighted by Crippen LogP contribution is 2.16. The molecule has 0 atom stereocenters. The van der Waals surface area contributed by atoms with Crippen LogP contribution in [0.5, 0.6) is 0 Å². The first kappa shape index (κ1) is 20.8. The fourth-order valence-corrected chi connectivity index (χ4v) is 4.05. The molecule has 146 valence electrons. The third-order valence-electron chi connectivity index (χ3n) is 4.09. The van der Waals surface area contributed by atoms with Gasteiger partial charge in [-0.25, -0.2) is 12.8 Å². The van der Waals surface area contributed by atoms with Gasteiger partial charge in [-0.15, -0.1) is 0 Å².